The lowest BCUT2D eigenvalue weighted by atomic mass is 9.98. The molecule has 40 heavy (non-hydrogen) atoms. The van der Waals surface area contributed by atoms with Gasteiger partial charge in [0.1, 0.15) is 29.9 Å². The molecule has 0 saturated carbocycles. The van der Waals surface area contributed by atoms with E-state index < -0.39 is 61.2 Å². The minimum absolute atomic E-state index is 0.0208. The first kappa shape index (κ1) is 29.9. The molecule has 1 aliphatic heterocycles. The van der Waals surface area contributed by atoms with Crippen molar-refractivity contribution < 1.29 is 57.9 Å². The molecule has 3 rings (SSSR count). The van der Waals surface area contributed by atoms with Crippen molar-refractivity contribution in [1.82, 2.24) is 0 Å². The third kappa shape index (κ3) is 7.69. The van der Waals surface area contributed by atoms with Crippen LogP contribution in [0, 0.1) is 0 Å². The van der Waals surface area contributed by atoms with Crippen LogP contribution < -0.4 is 4.74 Å². The number of carbonyl (C=O) groups is 4. The highest BCUT2D eigenvalue weighted by molar-refractivity contribution is 6.14. The van der Waals surface area contributed by atoms with Crippen LogP contribution in [0.5, 0.6) is 11.5 Å². The van der Waals surface area contributed by atoms with Gasteiger partial charge in [0.05, 0.1) is 0 Å². The summed E-state index contributed by atoms with van der Waals surface area (Å²) in [5, 5.41) is 23.6. The summed E-state index contributed by atoms with van der Waals surface area (Å²) in [6.07, 6.45) is -6.88. The van der Waals surface area contributed by atoms with Crippen LogP contribution in [-0.2, 0) is 42.9 Å². The number of nitrogens with zero attached hydrogens (tertiary/aromatic N) is 1. The van der Waals surface area contributed by atoms with Gasteiger partial charge < -0.3 is 38.7 Å². The summed E-state index contributed by atoms with van der Waals surface area (Å²) >= 11 is 0. The van der Waals surface area contributed by atoms with E-state index in [1.54, 1.807) is 30.3 Å². The molecular formula is C27H29NO12. The second kappa shape index (κ2) is 13.4. The monoisotopic (exact) mass is 559 g/mol. The van der Waals surface area contributed by atoms with E-state index in [1.807, 2.05) is 0 Å². The lowest BCUT2D eigenvalue weighted by Crippen LogP contribution is -2.63. The number of hydrogen-bond acceptors (Lipinski definition) is 13. The Labute approximate surface area is 229 Å². The molecule has 1 heterocycles. The molecular weight excluding hydrogens is 530 g/mol. The van der Waals surface area contributed by atoms with Crippen molar-refractivity contribution >= 4 is 29.6 Å². The Morgan fingerprint density at radius 3 is 1.98 bits per heavy atom. The van der Waals surface area contributed by atoms with E-state index in [0.717, 1.165) is 27.7 Å². The summed E-state index contributed by atoms with van der Waals surface area (Å²) in [5.41, 5.74) is 0.813. The average molecular weight is 560 g/mol. The Bertz CT molecular complexity index is 1260. The fourth-order valence-corrected chi connectivity index (χ4v) is 4.07. The minimum Gasteiger partial charge on any atom is -0.507 e. The first-order valence-corrected chi connectivity index (χ1v) is 12.1. The number of phenolic OH excluding ortho intramolecular Hbond substituents is 1. The molecule has 0 aromatic heterocycles. The van der Waals surface area contributed by atoms with E-state index in [2.05, 4.69) is 5.16 Å². The second-order valence-corrected chi connectivity index (χ2v) is 8.68. The molecule has 0 unspecified atom stereocenters. The SMILES string of the molecule is CC(=O)OC[C@@H]1O[C@@H](Oc2ccc(/C(=N/O)c3ccccc3)c(O)c2)[C@@H](OC(C)=O)[C@@H](OC(C)=O)[C@H]1OC(C)=O. The maximum absolute atomic E-state index is 12.0. The number of esters is 4. The quantitative estimate of drug-likeness (QED) is 0.151. The lowest BCUT2D eigenvalue weighted by molar-refractivity contribution is -0.288. The molecule has 1 fully saturated rings. The number of aromatic hydroxyl groups is 1. The van der Waals surface area contributed by atoms with Crippen molar-refractivity contribution in [3.8, 4) is 11.5 Å². The molecule has 0 spiro atoms. The van der Waals surface area contributed by atoms with Crippen LogP contribution in [0.3, 0.4) is 0 Å². The van der Waals surface area contributed by atoms with Crippen LogP contribution in [0.15, 0.2) is 53.7 Å². The fraction of sp³-hybridized carbons (Fsp3) is 0.370. The first-order valence-electron chi connectivity index (χ1n) is 12.1. The molecule has 2 aromatic carbocycles. The summed E-state index contributed by atoms with van der Waals surface area (Å²) in [5.74, 6) is -3.30. The predicted octanol–water partition coefficient (Wildman–Crippen LogP) is 2.08. The third-order valence-electron chi connectivity index (χ3n) is 5.57. The molecule has 2 N–H and O–H groups in total. The summed E-state index contributed by atoms with van der Waals surface area (Å²) in [6.45, 7) is 4.06. The highest BCUT2D eigenvalue weighted by Crippen LogP contribution is 2.33. The Kier molecular flexibility index (Phi) is 10.0. The summed E-state index contributed by atoms with van der Waals surface area (Å²) < 4.78 is 32.9. The fourth-order valence-electron chi connectivity index (χ4n) is 4.07. The van der Waals surface area contributed by atoms with Crippen LogP contribution in [0.25, 0.3) is 0 Å². The van der Waals surface area contributed by atoms with Crippen LogP contribution in [-0.4, -0.2) is 77.2 Å². The molecule has 13 heteroatoms. The largest absolute Gasteiger partial charge is 0.507 e. The highest BCUT2D eigenvalue weighted by Gasteiger charge is 2.53. The van der Waals surface area contributed by atoms with Crippen LogP contribution in [0.4, 0.5) is 0 Å². The Morgan fingerprint density at radius 2 is 1.43 bits per heavy atom. The van der Waals surface area contributed by atoms with Crippen molar-refractivity contribution in [3.63, 3.8) is 0 Å². The zero-order valence-corrected chi connectivity index (χ0v) is 22.1. The first-order chi connectivity index (χ1) is 19.0. The topological polar surface area (TPSA) is 176 Å². The predicted molar refractivity (Wildman–Crippen MR) is 135 cm³/mol. The van der Waals surface area contributed by atoms with E-state index in [1.165, 1.54) is 18.2 Å². The van der Waals surface area contributed by atoms with Gasteiger partial charge in [-0.25, -0.2) is 0 Å². The molecule has 5 atom stereocenters. The Balaban J connectivity index is 1.98. The van der Waals surface area contributed by atoms with E-state index in [-0.39, 0.29) is 22.8 Å². The maximum atomic E-state index is 12.0. The minimum atomic E-state index is -1.48. The highest BCUT2D eigenvalue weighted by atomic mass is 16.7. The van der Waals surface area contributed by atoms with E-state index in [0.29, 0.717) is 5.56 Å². The van der Waals surface area contributed by atoms with Crippen LogP contribution in [0.1, 0.15) is 38.8 Å². The number of ether oxygens (including phenoxy) is 6. The number of oxime groups is 1. The number of carbonyl (C=O) groups excluding carboxylic acids is 4. The molecule has 2 aromatic rings. The van der Waals surface area contributed by atoms with Crippen molar-refractivity contribution in [2.75, 3.05) is 6.61 Å². The number of hydrogen-bond donors (Lipinski definition) is 2. The van der Waals surface area contributed by atoms with E-state index >= 15 is 0 Å². The van der Waals surface area contributed by atoms with Crippen molar-refractivity contribution in [1.29, 1.82) is 0 Å². The second-order valence-electron chi connectivity index (χ2n) is 8.68. The summed E-state index contributed by atoms with van der Waals surface area (Å²) in [7, 11) is 0. The molecule has 0 radical (unpaired) electrons. The van der Waals surface area contributed by atoms with Gasteiger partial charge >= 0.3 is 23.9 Å². The average Bonchev–Trinajstić information content (AvgIpc) is 2.88. The Morgan fingerprint density at radius 1 is 0.825 bits per heavy atom. The number of benzene rings is 2. The van der Waals surface area contributed by atoms with Crippen molar-refractivity contribution in [3.05, 3.63) is 59.7 Å². The van der Waals surface area contributed by atoms with Gasteiger partial charge in [0.15, 0.2) is 12.2 Å². The van der Waals surface area contributed by atoms with Gasteiger partial charge in [-0.15, -0.1) is 0 Å². The molecule has 13 nitrogen and oxygen atoms in total. The van der Waals surface area contributed by atoms with Gasteiger partial charge in [-0.1, -0.05) is 35.5 Å². The summed E-state index contributed by atoms with van der Waals surface area (Å²) in [4.78, 5) is 47.3. The summed E-state index contributed by atoms with van der Waals surface area (Å²) in [6, 6.07) is 12.7. The molecule has 1 aliphatic rings. The zero-order chi connectivity index (χ0) is 29.4. The maximum Gasteiger partial charge on any atom is 0.303 e. The zero-order valence-electron chi connectivity index (χ0n) is 22.1. The molecule has 0 amide bonds. The lowest BCUT2D eigenvalue weighted by Gasteiger charge is -2.43. The van der Waals surface area contributed by atoms with Gasteiger partial charge in [-0.05, 0) is 12.1 Å². The third-order valence-corrected chi connectivity index (χ3v) is 5.57. The van der Waals surface area contributed by atoms with Crippen LogP contribution in [0.2, 0.25) is 0 Å². The van der Waals surface area contributed by atoms with Gasteiger partial charge in [0.2, 0.25) is 12.4 Å². The Hall–Kier alpha value is -4.65. The van der Waals surface area contributed by atoms with Crippen LogP contribution >= 0.6 is 0 Å². The van der Waals surface area contributed by atoms with Gasteiger partial charge in [-0.2, -0.15) is 0 Å². The molecule has 214 valence electrons. The smallest absolute Gasteiger partial charge is 0.303 e. The molecule has 1 saturated heterocycles. The van der Waals surface area contributed by atoms with Crippen molar-refractivity contribution in [2.45, 2.75) is 58.4 Å². The van der Waals surface area contributed by atoms with E-state index in [4.69, 9.17) is 28.4 Å². The van der Waals surface area contributed by atoms with Gasteiger partial charge in [0, 0.05) is 44.9 Å². The van der Waals surface area contributed by atoms with E-state index in [9.17, 15) is 29.5 Å². The molecule has 0 aliphatic carbocycles. The van der Waals surface area contributed by atoms with Gasteiger partial charge in [-0.3, -0.25) is 19.2 Å². The normalized spacial score (nSPS) is 22.5. The van der Waals surface area contributed by atoms with Gasteiger partial charge in [0.25, 0.3) is 0 Å². The molecule has 0 bridgehead atoms. The number of rotatable bonds is 9. The van der Waals surface area contributed by atoms with Crippen molar-refractivity contribution in [2.24, 2.45) is 5.16 Å². The number of phenols is 1. The standard InChI is InChI=1S/C27H29NO12/c1-14(29)35-13-22-24(36-15(2)30)25(37-16(3)31)26(38-17(4)32)27(40-22)39-19-10-11-20(21(33)12-19)23(28-34)18-8-6-5-7-9-18/h5-12,22,24-27,33-34H,13H2,1-4H3/b28-23+/t22-,24-,25-,26-,27+/m0/s1.